The Morgan fingerprint density at radius 2 is 2.10 bits per heavy atom. The van der Waals surface area contributed by atoms with Crippen LogP contribution in [0.3, 0.4) is 0 Å². The molecule has 5 heteroatoms. The monoisotopic (exact) mass is 141 g/mol. The molecule has 10 heavy (non-hydrogen) atoms. The average molecular weight is 141 g/mol. The Morgan fingerprint density at radius 3 is 2.30 bits per heavy atom. The van der Waals surface area contributed by atoms with E-state index in [0.29, 0.717) is 11.4 Å². The van der Waals surface area contributed by atoms with Gasteiger partial charge in [0.2, 0.25) is 5.62 Å². The van der Waals surface area contributed by atoms with Gasteiger partial charge in [-0.25, -0.2) is 0 Å². The number of anilines is 1. The molecule has 5 nitrogen and oxygen atoms in total. The van der Waals surface area contributed by atoms with Gasteiger partial charge in [-0.2, -0.15) is 0 Å². The quantitative estimate of drug-likeness (QED) is 0.349. The smallest absolute Gasteiger partial charge is 0.227 e. The number of hydrogen-bond donors (Lipinski definition) is 2. The van der Waals surface area contributed by atoms with Gasteiger partial charge in [0.05, 0.1) is 0 Å². The Bertz CT molecular complexity index is 291. The van der Waals surface area contributed by atoms with E-state index in [1.165, 1.54) is 0 Å². The van der Waals surface area contributed by atoms with Crippen LogP contribution in [0.15, 0.2) is 11.3 Å². The van der Waals surface area contributed by atoms with Gasteiger partial charge in [-0.05, 0) is 0 Å². The van der Waals surface area contributed by atoms with Crippen molar-refractivity contribution in [2.45, 2.75) is 0 Å². The first-order valence-corrected chi connectivity index (χ1v) is 2.88. The number of nitrogens with zero attached hydrogens (tertiary/aromatic N) is 3. The van der Waals surface area contributed by atoms with Gasteiger partial charge in [-0.15, -0.1) is 5.10 Å². The fraction of sp³-hybridized carbons (Fsp3) is 0.400. The molecule has 0 radical (unpaired) electrons. The third kappa shape index (κ3) is 0.754. The summed E-state index contributed by atoms with van der Waals surface area (Å²) in [7, 11) is 3.64. The van der Waals surface area contributed by atoms with Gasteiger partial charge in [0.1, 0.15) is 5.82 Å². The SMILES string of the molecule is Cn1cc(N)n(C)/c1=N\N. The number of aryl methyl sites for hydroxylation is 1. The predicted octanol–water partition coefficient (Wildman–Crippen LogP) is -1.28. The highest BCUT2D eigenvalue weighted by Crippen LogP contribution is 1.92. The van der Waals surface area contributed by atoms with Crippen molar-refractivity contribution in [3.63, 3.8) is 0 Å². The van der Waals surface area contributed by atoms with Crippen LogP contribution in [0.5, 0.6) is 0 Å². The zero-order chi connectivity index (χ0) is 7.72. The lowest BCUT2D eigenvalue weighted by atomic mass is 10.8. The Balaban J connectivity index is 3.50. The summed E-state index contributed by atoms with van der Waals surface area (Å²) in [6.07, 6.45) is 1.76. The first-order valence-electron chi connectivity index (χ1n) is 2.88. The standard InChI is InChI=1S/C5H11N5/c1-9-3-4(6)10(2)5(9)8-7/h3H,6-7H2,1-2H3/b8-5-. The second kappa shape index (κ2) is 2.09. The molecule has 0 fully saturated rings. The molecular formula is C5H11N5. The van der Waals surface area contributed by atoms with E-state index in [1.54, 1.807) is 22.4 Å². The van der Waals surface area contributed by atoms with Gasteiger partial charge in [-0.1, -0.05) is 0 Å². The molecule has 1 rings (SSSR count). The maximum atomic E-state index is 5.54. The summed E-state index contributed by atoms with van der Waals surface area (Å²) >= 11 is 0. The van der Waals surface area contributed by atoms with Crippen molar-refractivity contribution in [2.24, 2.45) is 25.0 Å². The molecule has 0 aromatic carbocycles. The van der Waals surface area contributed by atoms with E-state index in [4.69, 9.17) is 11.6 Å². The molecule has 0 saturated heterocycles. The number of nitrogen functional groups attached to an aromatic ring is 1. The molecule has 0 aliphatic heterocycles. The van der Waals surface area contributed by atoms with Crippen LogP contribution in [-0.4, -0.2) is 9.13 Å². The lowest BCUT2D eigenvalue weighted by Crippen LogP contribution is -2.24. The maximum absolute atomic E-state index is 5.54. The van der Waals surface area contributed by atoms with Crippen molar-refractivity contribution < 1.29 is 0 Å². The summed E-state index contributed by atoms with van der Waals surface area (Å²) in [4.78, 5) is 0. The second-order valence-corrected chi connectivity index (χ2v) is 2.15. The highest BCUT2D eigenvalue weighted by atomic mass is 15.3. The topological polar surface area (TPSA) is 74.3 Å². The molecule has 0 saturated carbocycles. The Hall–Kier alpha value is -1.39. The maximum Gasteiger partial charge on any atom is 0.227 e. The van der Waals surface area contributed by atoms with E-state index in [9.17, 15) is 0 Å². The Morgan fingerprint density at radius 1 is 1.50 bits per heavy atom. The highest BCUT2D eigenvalue weighted by Gasteiger charge is 1.96. The number of aromatic nitrogens is 2. The van der Waals surface area contributed by atoms with Crippen LogP contribution >= 0.6 is 0 Å². The van der Waals surface area contributed by atoms with E-state index < -0.39 is 0 Å². The first kappa shape index (κ1) is 6.73. The summed E-state index contributed by atoms with van der Waals surface area (Å²) < 4.78 is 3.47. The summed E-state index contributed by atoms with van der Waals surface area (Å²) in [6, 6.07) is 0. The number of rotatable bonds is 0. The van der Waals surface area contributed by atoms with E-state index in [1.807, 2.05) is 7.05 Å². The predicted molar refractivity (Wildman–Crippen MR) is 38.5 cm³/mol. The molecule has 4 N–H and O–H groups in total. The summed E-state index contributed by atoms with van der Waals surface area (Å²) in [5, 5.41) is 3.54. The summed E-state index contributed by atoms with van der Waals surface area (Å²) in [6.45, 7) is 0. The van der Waals surface area contributed by atoms with Crippen LogP contribution < -0.4 is 17.2 Å². The molecule has 56 valence electrons. The molecule has 0 amide bonds. The zero-order valence-electron chi connectivity index (χ0n) is 6.07. The van der Waals surface area contributed by atoms with Crippen molar-refractivity contribution in [1.29, 1.82) is 0 Å². The third-order valence-corrected chi connectivity index (χ3v) is 1.44. The second-order valence-electron chi connectivity index (χ2n) is 2.15. The third-order valence-electron chi connectivity index (χ3n) is 1.44. The van der Waals surface area contributed by atoms with Gasteiger partial charge in [0.15, 0.2) is 0 Å². The number of hydrogen-bond acceptors (Lipinski definition) is 3. The largest absolute Gasteiger partial charge is 0.384 e. The van der Waals surface area contributed by atoms with Gasteiger partial charge >= 0.3 is 0 Å². The normalized spacial score (nSPS) is 12.4. The van der Waals surface area contributed by atoms with Crippen LogP contribution in [0.25, 0.3) is 0 Å². The van der Waals surface area contributed by atoms with E-state index in [2.05, 4.69) is 5.10 Å². The molecule has 0 spiro atoms. The van der Waals surface area contributed by atoms with Crippen LogP contribution in [0.2, 0.25) is 0 Å². The molecule has 0 unspecified atom stereocenters. The Kier molecular flexibility index (Phi) is 1.41. The van der Waals surface area contributed by atoms with Gasteiger partial charge in [0.25, 0.3) is 0 Å². The first-order chi connectivity index (χ1) is 4.66. The van der Waals surface area contributed by atoms with E-state index in [-0.39, 0.29) is 0 Å². The van der Waals surface area contributed by atoms with E-state index >= 15 is 0 Å². The van der Waals surface area contributed by atoms with Gasteiger partial charge in [0, 0.05) is 20.3 Å². The molecule has 0 aliphatic carbocycles. The molecule has 0 atom stereocenters. The molecular weight excluding hydrogens is 130 g/mol. The minimum atomic E-state index is 0.645. The molecule has 1 aromatic rings. The minimum Gasteiger partial charge on any atom is -0.384 e. The average Bonchev–Trinajstić information content (AvgIpc) is 2.09. The highest BCUT2D eigenvalue weighted by molar-refractivity contribution is 5.24. The molecule has 0 bridgehead atoms. The van der Waals surface area contributed by atoms with Crippen molar-refractivity contribution in [2.75, 3.05) is 5.73 Å². The van der Waals surface area contributed by atoms with Crippen LogP contribution in [0.1, 0.15) is 0 Å². The fourth-order valence-electron chi connectivity index (χ4n) is 0.872. The minimum absolute atomic E-state index is 0.645. The van der Waals surface area contributed by atoms with Crippen molar-refractivity contribution >= 4 is 5.82 Å². The van der Waals surface area contributed by atoms with Crippen LogP contribution in [-0.2, 0) is 14.1 Å². The van der Waals surface area contributed by atoms with Crippen molar-refractivity contribution in [3.05, 3.63) is 11.8 Å². The molecule has 0 aliphatic rings. The van der Waals surface area contributed by atoms with Crippen molar-refractivity contribution in [3.8, 4) is 0 Å². The summed E-state index contributed by atoms with van der Waals surface area (Å²) in [5.41, 5.74) is 6.19. The summed E-state index contributed by atoms with van der Waals surface area (Å²) in [5.74, 6) is 5.74. The molecule has 1 aromatic heterocycles. The van der Waals surface area contributed by atoms with E-state index in [0.717, 1.165) is 0 Å². The number of imidazole rings is 1. The number of nitrogens with two attached hydrogens (primary N) is 2. The van der Waals surface area contributed by atoms with Gasteiger partial charge in [-0.3, -0.25) is 4.57 Å². The van der Waals surface area contributed by atoms with Crippen molar-refractivity contribution in [1.82, 2.24) is 9.13 Å². The zero-order valence-corrected chi connectivity index (χ0v) is 6.07. The van der Waals surface area contributed by atoms with Crippen LogP contribution in [0, 0.1) is 0 Å². The lowest BCUT2D eigenvalue weighted by molar-refractivity contribution is 0.730. The molecule has 1 heterocycles. The van der Waals surface area contributed by atoms with Crippen LogP contribution in [0.4, 0.5) is 5.82 Å². The van der Waals surface area contributed by atoms with Gasteiger partial charge < -0.3 is 16.1 Å². The fourth-order valence-corrected chi connectivity index (χ4v) is 0.872. The Labute approximate surface area is 58.6 Å². The lowest BCUT2D eigenvalue weighted by Gasteiger charge is -1.91.